The Morgan fingerprint density at radius 2 is 1.94 bits per heavy atom. The van der Waals surface area contributed by atoms with E-state index in [1.165, 1.54) is 6.20 Å². The number of amides is 1. The minimum atomic E-state index is -3.59. The fraction of sp³-hybridized carbons (Fsp3) is 0.500. The Labute approximate surface area is 195 Å². The predicted octanol–water partition coefficient (Wildman–Crippen LogP) is 3.12. The van der Waals surface area contributed by atoms with Gasteiger partial charge in [0, 0.05) is 32.7 Å². The summed E-state index contributed by atoms with van der Waals surface area (Å²) >= 11 is 6.26. The number of nitrogens with zero attached hydrogens (tertiary/aromatic N) is 4. The van der Waals surface area contributed by atoms with Crippen molar-refractivity contribution in [3.05, 3.63) is 46.7 Å². The minimum Gasteiger partial charge on any atom is -0.341 e. The Hall–Kier alpha value is -2.23. The van der Waals surface area contributed by atoms with Gasteiger partial charge < -0.3 is 9.80 Å². The molecule has 0 spiro atoms. The molecule has 8 nitrogen and oxygen atoms in total. The van der Waals surface area contributed by atoms with E-state index in [1.54, 1.807) is 29.2 Å². The third-order valence-electron chi connectivity index (χ3n) is 5.68. The van der Waals surface area contributed by atoms with Gasteiger partial charge in [-0.3, -0.25) is 4.79 Å². The van der Waals surface area contributed by atoms with Gasteiger partial charge in [-0.1, -0.05) is 29.3 Å². The summed E-state index contributed by atoms with van der Waals surface area (Å²) in [6.45, 7) is 8.63. The summed E-state index contributed by atoms with van der Waals surface area (Å²) < 4.78 is 27.9. The van der Waals surface area contributed by atoms with Crippen LogP contribution in [0, 0.1) is 12.8 Å². The quantitative estimate of drug-likeness (QED) is 0.625. The summed E-state index contributed by atoms with van der Waals surface area (Å²) in [6.07, 6.45) is 3.09. The molecule has 10 heteroatoms. The monoisotopic (exact) mass is 479 g/mol. The van der Waals surface area contributed by atoms with E-state index >= 15 is 0 Å². The summed E-state index contributed by atoms with van der Waals surface area (Å²) in [5.74, 6) is 0.231. The van der Waals surface area contributed by atoms with Gasteiger partial charge in [-0.05, 0) is 51.7 Å². The van der Waals surface area contributed by atoms with E-state index in [0.29, 0.717) is 19.0 Å². The molecular formula is C22H30ClN5O3S. The number of rotatable bonds is 8. The molecule has 0 bridgehead atoms. The average Bonchev–Trinajstić information content (AvgIpc) is 2.79. The second kappa shape index (κ2) is 10.6. The van der Waals surface area contributed by atoms with Crippen molar-refractivity contribution in [2.45, 2.75) is 38.5 Å². The molecule has 1 fully saturated rings. The second-order valence-electron chi connectivity index (χ2n) is 7.96. The van der Waals surface area contributed by atoms with Crippen LogP contribution in [0.3, 0.4) is 0 Å². The van der Waals surface area contributed by atoms with Gasteiger partial charge in [0.25, 0.3) is 5.91 Å². The van der Waals surface area contributed by atoms with Crippen molar-refractivity contribution in [3.63, 3.8) is 0 Å². The molecule has 174 valence electrons. The average molecular weight is 480 g/mol. The van der Waals surface area contributed by atoms with E-state index in [0.717, 1.165) is 31.5 Å². The van der Waals surface area contributed by atoms with Crippen molar-refractivity contribution in [1.82, 2.24) is 19.6 Å². The standard InChI is InChI=1S/C22H30ClN5O3S/c1-4-27(5-2)22-24-14-19(23)20(26-22)21(29)28-12-6-7-17(15-28)13-25-32(30,31)18-10-8-16(3)9-11-18/h8-11,14,17,25H,4-7,12-13,15H2,1-3H3. The van der Waals surface area contributed by atoms with Gasteiger partial charge >= 0.3 is 0 Å². The van der Waals surface area contributed by atoms with Crippen molar-refractivity contribution < 1.29 is 13.2 Å². The van der Waals surface area contributed by atoms with E-state index in [9.17, 15) is 13.2 Å². The number of nitrogens with one attached hydrogen (secondary N) is 1. The Bertz CT molecular complexity index is 1040. The minimum absolute atomic E-state index is 0.00999. The van der Waals surface area contributed by atoms with Crippen LogP contribution in [-0.2, 0) is 10.0 Å². The zero-order valence-electron chi connectivity index (χ0n) is 18.7. The summed E-state index contributed by atoms with van der Waals surface area (Å²) in [5, 5.41) is 0.216. The molecule has 1 atom stereocenters. The van der Waals surface area contributed by atoms with Crippen LogP contribution in [0.5, 0.6) is 0 Å². The molecule has 1 aliphatic heterocycles. The smallest absolute Gasteiger partial charge is 0.274 e. The third-order valence-corrected chi connectivity index (χ3v) is 7.40. The predicted molar refractivity (Wildman–Crippen MR) is 126 cm³/mol. The zero-order valence-corrected chi connectivity index (χ0v) is 20.3. The molecule has 3 rings (SSSR count). The molecule has 1 aromatic heterocycles. The molecule has 32 heavy (non-hydrogen) atoms. The Kier molecular flexibility index (Phi) is 8.08. The molecular weight excluding hydrogens is 450 g/mol. The first-order valence-electron chi connectivity index (χ1n) is 10.9. The first kappa shape index (κ1) is 24.4. The molecule has 1 aromatic carbocycles. The maximum atomic E-state index is 13.2. The summed E-state index contributed by atoms with van der Waals surface area (Å²) in [4.78, 5) is 25.7. The van der Waals surface area contributed by atoms with E-state index in [1.807, 2.05) is 25.7 Å². The molecule has 1 aliphatic rings. The zero-order chi connectivity index (χ0) is 23.3. The van der Waals surface area contributed by atoms with Crippen LogP contribution < -0.4 is 9.62 Å². The number of benzene rings is 1. The van der Waals surface area contributed by atoms with Gasteiger partial charge in [0.05, 0.1) is 16.1 Å². The number of sulfonamides is 1. The number of carbonyl (C=O) groups is 1. The van der Waals surface area contributed by atoms with E-state index < -0.39 is 10.0 Å². The van der Waals surface area contributed by atoms with Crippen LogP contribution in [0.15, 0.2) is 35.4 Å². The highest BCUT2D eigenvalue weighted by atomic mass is 35.5. The van der Waals surface area contributed by atoms with Crippen molar-refractivity contribution in [1.29, 1.82) is 0 Å². The molecule has 2 aromatic rings. The van der Waals surface area contributed by atoms with Crippen molar-refractivity contribution >= 4 is 33.5 Å². The van der Waals surface area contributed by atoms with Gasteiger partial charge in [0.1, 0.15) is 0 Å². The van der Waals surface area contributed by atoms with Crippen LogP contribution >= 0.6 is 11.6 Å². The van der Waals surface area contributed by atoms with Crippen molar-refractivity contribution in [3.8, 4) is 0 Å². The fourth-order valence-electron chi connectivity index (χ4n) is 3.76. The molecule has 2 heterocycles. The topological polar surface area (TPSA) is 95.5 Å². The Balaban J connectivity index is 1.67. The normalized spacial score (nSPS) is 16.8. The Morgan fingerprint density at radius 3 is 2.59 bits per heavy atom. The summed E-state index contributed by atoms with van der Waals surface area (Å²) in [7, 11) is -3.59. The maximum Gasteiger partial charge on any atom is 0.274 e. The van der Waals surface area contributed by atoms with Gasteiger partial charge in [-0.2, -0.15) is 0 Å². The second-order valence-corrected chi connectivity index (χ2v) is 10.1. The van der Waals surface area contributed by atoms with Crippen molar-refractivity contribution in [2.24, 2.45) is 5.92 Å². The summed E-state index contributed by atoms with van der Waals surface area (Å²) in [5.41, 5.74) is 1.18. The number of aryl methyl sites for hydroxylation is 1. The lowest BCUT2D eigenvalue weighted by atomic mass is 9.98. The van der Waals surface area contributed by atoms with Gasteiger partial charge in [-0.15, -0.1) is 0 Å². The van der Waals surface area contributed by atoms with Gasteiger partial charge in [0.2, 0.25) is 16.0 Å². The lowest BCUT2D eigenvalue weighted by molar-refractivity contribution is 0.0670. The highest BCUT2D eigenvalue weighted by Gasteiger charge is 2.28. The van der Waals surface area contributed by atoms with E-state index in [2.05, 4.69) is 14.7 Å². The van der Waals surface area contributed by atoms with Crippen LogP contribution in [0.25, 0.3) is 0 Å². The van der Waals surface area contributed by atoms with Crippen LogP contribution in [0.4, 0.5) is 5.95 Å². The first-order chi connectivity index (χ1) is 15.2. The van der Waals surface area contributed by atoms with E-state index in [4.69, 9.17) is 11.6 Å². The van der Waals surface area contributed by atoms with Gasteiger partial charge in [0.15, 0.2) is 5.69 Å². The molecule has 1 N–H and O–H groups in total. The number of piperidine rings is 1. The number of halogens is 1. The summed E-state index contributed by atoms with van der Waals surface area (Å²) in [6, 6.07) is 6.74. The fourth-order valence-corrected chi connectivity index (χ4v) is 5.05. The van der Waals surface area contributed by atoms with Gasteiger partial charge in [-0.25, -0.2) is 23.1 Å². The lowest BCUT2D eigenvalue weighted by Crippen LogP contribution is -2.44. The SMILES string of the molecule is CCN(CC)c1ncc(Cl)c(C(=O)N2CCCC(CNS(=O)(=O)c3ccc(C)cc3)C2)n1. The number of hydrogen-bond donors (Lipinski definition) is 1. The first-order valence-corrected chi connectivity index (χ1v) is 12.7. The third kappa shape index (κ3) is 5.76. The highest BCUT2D eigenvalue weighted by molar-refractivity contribution is 7.89. The van der Waals surface area contributed by atoms with E-state index in [-0.39, 0.29) is 34.0 Å². The highest BCUT2D eigenvalue weighted by Crippen LogP contribution is 2.23. The van der Waals surface area contributed by atoms with Crippen LogP contribution in [0.1, 0.15) is 42.7 Å². The number of hydrogen-bond acceptors (Lipinski definition) is 6. The number of aromatic nitrogens is 2. The number of anilines is 1. The Morgan fingerprint density at radius 1 is 1.25 bits per heavy atom. The molecule has 1 unspecified atom stereocenters. The number of carbonyl (C=O) groups excluding carboxylic acids is 1. The molecule has 0 aliphatic carbocycles. The van der Waals surface area contributed by atoms with Crippen molar-refractivity contribution in [2.75, 3.05) is 37.6 Å². The molecule has 0 radical (unpaired) electrons. The largest absolute Gasteiger partial charge is 0.341 e. The van der Waals surface area contributed by atoms with Crippen LogP contribution in [-0.4, -0.2) is 61.9 Å². The molecule has 1 amide bonds. The lowest BCUT2D eigenvalue weighted by Gasteiger charge is -2.33. The maximum absolute atomic E-state index is 13.2. The molecule has 1 saturated heterocycles. The molecule has 0 saturated carbocycles. The van der Waals surface area contributed by atoms with Crippen LogP contribution in [0.2, 0.25) is 5.02 Å². The number of likely N-dealkylation sites (tertiary alicyclic amines) is 1.